The van der Waals surface area contributed by atoms with Crippen molar-refractivity contribution in [1.29, 1.82) is 0 Å². The first-order valence-corrected chi connectivity index (χ1v) is 9.16. The molecule has 2 heterocycles. The van der Waals surface area contributed by atoms with Gasteiger partial charge < -0.3 is 5.32 Å². The van der Waals surface area contributed by atoms with Gasteiger partial charge in [-0.05, 0) is 38.2 Å². The molecule has 1 amide bonds. The summed E-state index contributed by atoms with van der Waals surface area (Å²) in [6.45, 7) is 1.48. The van der Waals surface area contributed by atoms with Crippen LogP contribution in [0.15, 0.2) is 48.0 Å². The molecule has 2 N–H and O–H groups in total. The zero-order valence-electron chi connectivity index (χ0n) is 14.4. The van der Waals surface area contributed by atoms with Crippen molar-refractivity contribution in [2.24, 2.45) is 0 Å². The highest BCUT2D eigenvalue weighted by atomic mass is 16.2. The third-order valence-corrected chi connectivity index (χ3v) is 5.00. The number of aromatic nitrogens is 2. The molecule has 0 spiro atoms. The smallest absolute Gasteiger partial charge is 0.269 e. The number of fused-ring (bicyclic) bond motifs is 1. The maximum Gasteiger partial charge on any atom is 0.269 e. The highest BCUT2D eigenvalue weighted by Gasteiger charge is 2.27. The molecule has 25 heavy (non-hydrogen) atoms. The molecule has 5 heteroatoms. The lowest BCUT2D eigenvalue weighted by Gasteiger charge is -2.26. The summed E-state index contributed by atoms with van der Waals surface area (Å²) in [7, 11) is 0. The third-order valence-electron chi connectivity index (χ3n) is 5.00. The fourth-order valence-corrected chi connectivity index (χ4v) is 3.61. The topological polar surface area (TPSA) is 59.0 Å². The largest absolute Gasteiger partial charge is 0.347 e. The molecule has 1 atom stereocenters. The van der Waals surface area contributed by atoms with Gasteiger partial charge in [0.15, 0.2) is 0 Å². The summed E-state index contributed by atoms with van der Waals surface area (Å²) in [5, 5.41) is 11.2. The summed E-state index contributed by atoms with van der Waals surface area (Å²) in [6.07, 6.45) is 8.56. The molecule has 4 rings (SSSR count). The molecule has 0 saturated carbocycles. The number of carbonyl (C=O) groups excluding carboxylic acids is 1. The minimum Gasteiger partial charge on any atom is -0.347 e. The van der Waals surface area contributed by atoms with E-state index >= 15 is 0 Å². The summed E-state index contributed by atoms with van der Waals surface area (Å²) in [5.74, 6) is -0.0530. The van der Waals surface area contributed by atoms with Gasteiger partial charge in [0.2, 0.25) is 0 Å². The number of benzene rings is 1. The number of hydrogen-bond acceptors (Lipinski definition) is 3. The Kier molecular flexibility index (Phi) is 4.65. The highest BCUT2D eigenvalue weighted by Crippen LogP contribution is 2.23. The lowest BCUT2D eigenvalue weighted by Crippen LogP contribution is -2.45. The molecule has 2 aliphatic rings. The van der Waals surface area contributed by atoms with Crippen molar-refractivity contribution < 1.29 is 4.79 Å². The molecule has 0 unspecified atom stereocenters. The molecule has 0 bridgehead atoms. The van der Waals surface area contributed by atoms with Crippen molar-refractivity contribution in [1.82, 2.24) is 20.4 Å². The fraction of sp³-hybridized carbons (Fsp3) is 0.400. The maximum atomic E-state index is 12.2. The van der Waals surface area contributed by atoms with Crippen LogP contribution in [-0.4, -0.2) is 28.8 Å². The van der Waals surface area contributed by atoms with Gasteiger partial charge in [0.05, 0.1) is 12.2 Å². The number of allylic oxidation sites excluding steroid dienone is 1. The van der Waals surface area contributed by atoms with E-state index in [-0.39, 0.29) is 12.1 Å². The number of carbonyl (C=O) groups is 1. The van der Waals surface area contributed by atoms with Crippen LogP contribution in [0.4, 0.5) is 0 Å². The number of nitrogens with zero attached hydrogens (tertiary/aromatic N) is 2. The first-order chi connectivity index (χ1) is 12.3. The molecule has 1 aliphatic carbocycles. The summed E-state index contributed by atoms with van der Waals surface area (Å²) >= 11 is 0. The zero-order valence-corrected chi connectivity index (χ0v) is 14.4. The van der Waals surface area contributed by atoms with Crippen molar-refractivity contribution in [2.45, 2.75) is 38.3 Å². The quantitative estimate of drug-likeness (QED) is 0.824. The maximum absolute atomic E-state index is 12.2. The molecule has 0 saturated heterocycles. The molecule has 0 radical (unpaired) electrons. The number of rotatable bonds is 5. The van der Waals surface area contributed by atoms with Crippen LogP contribution in [0, 0.1) is 0 Å². The van der Waals surface area contributed by atoms with Crippen LogP contribution in [-0.2, 0) is 0 Å². The van der Waals surface area contributed by atoms with Gasteiger partial charge in [-0.15, -0.1) is 0 Å². The lowest BCUT2D eigenvalue weighted by atomic mass is 9.97. The van der Waals surface area contributed by atoms with E-state index in [1.165, 1.54) is 25.7 Å². The predicted molar refractivity (Wildman–Crippen MR) is 98.2 cm³/mol. The highest BCUT2D eigenvalue weighted by molar-refractivity contribution is 5.94. The van der Waals surface area contributed by atoms with Crippen molar-refractivity contribution in [3.63, 3.8) is 0 Å². The summed E-state index contributed by atoms with van der Waals surface area (Å²) in [6, 6.07) is 11.9. The average molecular weight is 336 g/mol. The van der Waals surface area contributed by atoms with Gasteiger partial charge in [0.25, 0.3) is 5.91 Å². The normalized spacial score (nSPS) is 19.9. The Morgan fingerprint density at radius 3 is 2.92 bits per heavy atom. The van der Waals surface area contributed by atoms with Crippen LogP contribution in [0.2, 0.25) is 0 Å². The van der Waals surface area contributed by atoms with Crippen LogP contribution in [0.25, 0.3) is 11.3 Å². The fourth-order valence-electron chi connectivity index (χ4n) is 3.61. The molecular weight excluding hydrogens is 312 g/mol. The minimum absolute atomic E-state index is 0.00866. The molecule has 1 aromatic carbocycles. The SMILES string of the molecule is O=C1NC[C@H](NCCC2=CCCCC2)n2nc(-c3ccccc3)cc21. The minimum atomic E-state index is -0.0530. The Balaban J connectivity index is 1.48. The predicted octanol–water partition coefficient (Wildman–Crippen LogP) is 3.27. The molecule has 1 aliphatic heterocycles. The van der Waals surface area contributed by atoms with Crippen LogP contribution in [0.5, 0.6) is 0 Å². The van der Waals surface area contributed by atoms with Gasteiger partial charge in [-0.2, -0.15) is 5.10 Å². The van der Waals surface area contributed by atoms with Crippen molar-refractivity contribution in [2.75, 3.05) is 13.1 Å². The van der Waals surface area contributed by atoms with Crippen LogP contribution in [0.1, 0.15) is 48.8 Å². The number of nitrogens with one attached hydrogen (secondary N) is 2. The van der Waals surface area contributed by atoms with Gasteiger partial charge in [0.1, 0.15) is 11.9 Å². The molecule has 1 aromatic heterocycles. The first-order valence-electron chi connectivity index (χ1n) is 9.16. The van der Waals surface area contributed by atoms with Crippen molar-refractivity contribution in [3.8, 4) is 11.3 Å². The molecule has 2 aromatic rings. The molecular formula is C20H24N4O. The van der Waals surface area contributed by atoms with Crippen LogP contribution >= 0.6 is 0 Å². The van der Waals surface area contributed by atoms with Crippen molar-refractivity contribution in [3.05, 3.63) is 53.7 Å². The Hall–Kier alpha value is -2.40. The summed E-state index contributed by atoms with van der Waals surface area (Å²) < 4.78 is 1.84. The zero-order chi connectivity index (χ0) is 17.1. The third kappa shape index (κ3) is 3.51. The lowest BCUT2D eigenvalue weighted by molar-refractivity contribution is 0.0900. The van der Waals surface area contributed by atoms with E-state index in [0.29, 0.717) is 12.2 Å². The van der Waals surface area contributed by atoms with Gasteiger partial charge in [-0.1, -0.05) is 42.0 Å². The van der Waals surface area contributed by atoms with Crippen LogP contribution in [0.3, 0.4) is 0 Å². The van der Waals surface area contributed by atoms with E-state index in [1.807, 2.05) is 41.1 Å². The summed E-state index contributed by atoms with van der Waals surface area (Å²) in [5.41, 5.74) is 4.06. The van der Waals surface area contributed by atoms with Gasteiger partial charge in [-0.25, -0.2) is 4.68 Å². The Morgan fingerprint density at radius 1 is 1.24 bits per heavy atom. The molecule has 130 valence electrons. The van der Waals surface area contributed by atoms with E-state index in [9.17, 15) is 4.79 Å². The van der Waals surface area contributed by atoms with Crippen LogP contribution < -0.4 is 10.6 Å². The number of amides is 1. The van der Waals surface area contributed by atoms with Gasteiger partial charge >= 0.3 is 0 Å². The van der Waals surface area contributed by atoms with E-state index in [0.717, 1.165) is 24.2 Å². The number of hydrogen-bond donors (Lipinski definition) is 2. The van der Waals surface area contributed by atoms with Crippen molar-refractivity contribution >= 4 is 5.91 Å². The monoisotopic (exact) mass is 336 g/mol. The molecule has 5 nitrogen and oxygen atoms in total. The second-order valence-electron chi connectivity index (χ2n) is 6.76. The van der Waals surface area contributed by atoms with E-state index in [2.05, 4.69) is 16.7 Å². The Morgan fingerprint density at radius 2 is 2.12 bits per heavy atom. The second-order valence-corrected chi connectivity index (χ2v) is 6.76. The first kappa shape index (κ1) is 16.1. The van der Waals surface area contributed by atoms with E-state index in [4.69, 9.17) is 5.10 Å². The Bertz CT molecular complexity index is 778. The average Bonchev–Trinajstić information content (AvgIpc) is 3.12. The standard InChI is InChI=1S/C20H24N4O/c25-20-18-13-17(16-9-5-2-6-10-16)23-24(18)19(14-22-20)21-12-11-15-7-3-1-4-8-15/h2,5-7,9-10,13,19,21H,1,3-4,8,11-12,14H2,(H,22,25)/t19-/m1/s1. The Labute approximate surface area is 148 Å². The van der Waals surface area contributed by atoms with E-state index < -0.39 is 0 Å². The van der Waals surface area contributed by atoms with Gasteiger partial charge in [-0.3, -0.25) is 10.1 Å². The molecule has 0 fully saturated rings. The second kappa shape index (κ2) is 7.23. The van der Waals surface area contributed by atoms with Gasteiger partial charge in [0, 0.05) is 12.1 Å². The summed E-state index contributed by atoms with van der Waals surface area (Å²) in [4.78, 5) is 12.2. The van der Waals surface area contributed by atoms with E-state index in [1.54, 1.807) is 5.57 Å².